The lowest BCUT2D eigenvalue weighted by Crippen LogP contribution is -2.42. The van der Waals surface area contributed by atoms with Gasteiger partial charge in [-0.2, -0.15) is 0 Å². The van der Waals surface area contributed by atoms with E-state index in [0.29, 0.717) is 5.25 Å². The maximum Gasteiger partial charge on any atom is 0.326 e. The number of carbonyl (C=O) groups is 1. The van der Waals surface area contributed by atoms with Crippen molar-refractivity contribution in [3.63, 3.8) is 0 Å². The van der Waals surface area contributed by atoms with Crippen molar-refractivity contribution in [1.82, 2.24) is 0 Å². The molecule has 2 amide bonds. The van der Waals surface area contributed by atoms with Gasteiger partial charge in [-0.1, -0.05) is 44.2 Å². The quantitative estimate of drug-likeness (QED) is 0.843. The van der Waals surface area contributed by atoms with Crippen LogP contribution in [0.15, 0.2) is 53.4 Å². The summed E-state index contributed by atoms with van der Waals surface area (Å²) in [6.45, 7) is 5.03. The van der Waals surface area contributed by atoms with Gasteiger partial charge in [-0.15, -0.1) is 11.8 Å². The molecule has 0 aromatic heterocycles. The van der Waals surface area contributed by atoms with Crippen LogP contribution >= 0.6 is 11.8 Å². The molecule has 0 unspecified atom stereocenters. The van der Waals surface area contributed by atoms with E-state index in [1.165, 1.54) is 4.90 Å². The van der Waals surface area contributed by atoms with Crippen LogP contribution in [0.5, 0.6) is 0 Å². The number of amides is 2. The van der Waals surface area contributed by atoms with Crippen molar-refractivity contribution >= 4 is 29.2 Å². The average molecular weight is 326 g/mol. The zero-order valence-electron chi connectivity index (χ0n) is 13.6. The fraction of sp³-hybridized carbons (Fsp3) is 0.316. The normalized spacial score (nSPS) is 16.8. The van der Waals surface area contributed by atoms with Crippen LogP contribution in [0.4, 0.5) is 16.2 Å². The van der Waals surface area contributed by atoms with E-state index in [1.807, 2.05) is 53.1 Å². The van der Waals surface area contributed by atoms with Crippen molar-refractivity contribution in [1.29, 1.82) is 0 Å². The number of urea groups is 1. The molecule has 23 heavy (non-hydrogen) atoms. The van der Waals surface area contributed by atoms with E-state index >= 15 is 0 Å². The summed E-state index contributed by atoms with van der Waals surface area (Å²) < 4.78 is 0. The molecule has 120 valence electrons. The molecule has 0 spiro atoms. The minimum atomic E-state index is -0.0444. The Morgan fingerprint density at radius 2 is 1.91 bits per heavy atom. The molecule has 0 saturated carbocycles. The van der Waals surface area contributed by atoms with Gasteiger partial charge in [0.1, 0.15) is 0 Å². The van der Waals surface area contributed by atoms with Crippen LogP contribution in [0, 0.1) is 0 Å². The minimum Gasteiger partial charge on any atom is -0.307 e. The van der Waals surface area contributed by atoms with Crippen LogP contribution < -0.4 is 10.2 Å². The Balaban J connectivity index is 1.87. The Labute approximate surface area is 142 Å². The summed E-state index contributed by atoms with van der Waals surface area (Å²) in [7, 11) is 0. The molecule has 2 aromatic carbocycles. The van der Waals surface area contributed by atoms with Gasteiger partial charge in [0.15, 0.2) is 0 Å². The summed E-state index contributed by atoms with van der Waals surface area (Å²) in [4.78, 5) is 15.9. The molecule has 0 aliphatic carbocycles. The summed E-state index contributed by atoms with van der Waals surface area (Å²) in [6.07, 6.45) is 1.95. The van der Waals surface area contributed by atoms with Crippen molar-refractivity contribution in [2.45, 2.75) is 36.8 Å². The van der Waals surface area contributed by atoms with Gasteiger partial charge < -0.3 is 5.32 Å². The van der Waals surface area contributed by atoms with Gasteiger partial charge in [0.2, 0.25) is 0 Å². The number of aryl methyl sites for hydroxylation is 1. The van der Waals surface area contributed by atoms with E-state index < -0.39 is 0 Å². The molecular weight excluding hydrogens is 304 g/mol. The third kappa shape index (κ3) is 3.37. The predicted octanol–water partition coefficient (Wildman–Crippen LogP) is 5.17. The lowest BCUT2D eigenvalue weighted by molar-refractivity contribution is 0.256. The Bertz CT molecular complexity index is 701. The van der Waals surface area contributed by atoms with Crippen LogP contribution in [-0.4, -0.2) is 17.8 Å². The average Bonchev–Trinajstić information content (AvgIpc) is 2.61. The molecule has 1 aliphatic heterocycles. The van der Waals surface area contributed by atoms with Gasteiger partial charge in [-0.05, 0) is 36.6 Å². The number of hydrogen-bond donors (Lipinski definition) is 1. The standard InChI is InChI=1S/C19H22N2OS/c1-3-14-9-5-6-10-16(14)20-19(22)21-13-15(4-2)23-18-12-8-7-11-17(18)21/h5-12,15H,3-4,13H2,1-2H3,(H,20,22)/t15-/m0/s1. The molecule has 1 N–H and O–H groups in total. The van der Waals surface area contributed by atoms with Crippen LogP contribution in [0.3, 0.4) is 0 Å². The van der Waals surface area contributed by atoms with E-state index in [4.69, 9.17) is 0 Å². The first-order valence-corrected chi connectivity index (χ1v) is 9.03. The number of thioether (sulfide) groups is 1. The monoisotopic (exact) mass is 326 g/mol. The summed E-state index contributed by atoms with van der Waals surface area (Å²) in [5.74, 6) is 0. The Morgan fingerprint density at radius 1 is 1.17 bits per heavy atom. The molecule has 0 radical (unpaired) electrons. The van der Waals surface area contributed by atoms with E-state index in [9.17, 15) is 4.79 Å². The zero-order valence-corrected chi connectivity index (χ0v) is 14.4. The highest BCUT2D eigenvalue weighted by Gasteiger charge is 2.28. The van der Waals surface area contributed by atoms with Crippen LogP contribution in [0.25, 0.3) is 0 Å². The van der Waals surface area contributed by atoms with Gasteiger partial charge in [0.25, 0.3) is 0 Å². The van der Waals surface area contributed by atoms with Crippen LogP contribution in [0.2, 0.25) is 0 Å². The van der Waals surface area contributed by atoms with E-state index in [1.54, 1.807) is 0 Å². The SMILES string of the molecule is CCc1ccccc1NC(=O)N1C[C@H](CC)Sc2ccccc21. The molecule has 3 rings (SSSR count). The van der Waals surface area contributed by atoms with Gasteiger partial charge in [0.05, 0.1) is 5.69 Å². The highest BCUT2D eigenvalue weighted by atomic mass is 32.2. The molecule has 2 aromatic rings. The number of anilines is 2. The van der Waals surface area contributed by atoms with E-state index in [0.717, 1.165) is 36.3 Å². The third-order valence-corrected chi connectivity index (χ3v) is 5.59. The fourth-order valence-corrected chi connectivity index (χ4v) is 4.04. The fourth-order valence-electron chi connectivity index (χ4n) is 2.84. The smallest absolute Gasteiger partial charge is 0.307 e. The topological polar surface area (TPSA) is 32.3 Å². The van der Waals surface area contributed by atoms with Gasteiger partial charge >= 0.3 is 6.03 Å². The number of fused-ring (bicyclic) bond motifs is 1. The number of rotatable bonds is 3. The predicted molar refractivity (Wildman–Crippen MR) is 98.6 cm³/mol. The highest BCUT2D eigenvalue weighted by molar-refractivity contribution is 8.00. The number of carbonyl (C=O) groups excluding carboxylic acids is 1. The number of hydrogen-bond acceptors (Lipinski definition) is 2. The highest BCUT2D eigenvalue weighted by Crippen LogP contribution is 2.39. The van der Waals surface area contributed by atoms with E-state index in [2.05, 4.69) is 31.3 Å². The van der Waals surface area contributed by atoms with E-state index in [-0.39, 0.29) is 6.03 Å². The van der Waals surface area contributed by atoms with Crippen molar-refractivity contribution < 1.29 is 4.79 Å². The first kappa shape index (κ1) is 15.9. The second kappa shape index (κ2) is 7.09. The number of nitrogens with zero attached hydrogens (tertiary/aromatic N) is 1. The van der Waals surface area contributed by atoms with Crippen LogP contribution in [0.1, 0.15) is 25.8 Å². The maximum atomic E-state index is 12.9. The lowest BCUT2D eigenvalue weighted by Gasteiger charge is -2.33. The van der Waals surface area contributed by atoms with Crippen molar-refractivity contribution in [3.8, 4) is 0 Å². The Hall–Kier alpha value is -1.94. The Kier molecular flexibility index (Phi) is 4.91. The molecule has 0 saturated heterocycles. The number of nitrogens with one attached hydrogen (secondary N) is 1. The third-order valence-electron chi connectivity index (χ3n) is 4.18. The van der Waals surface area contributed by atoms with Gasteiger partial charge in [-0.25, -0.2) is 4.79 Å². The van der Waals surface area contributed by atoms with Gasteiger partial charge in [0, 0.05) is 22.4 Å². The first-order chi connectivity index (χ1) is 11.2. The largest absolute Gasteiger partial charge is 0.326 e. The first-order valence-electron chi connectivity index (χ1n) is 8.15. The molecule has 0 bridgehead atoms. The summed E-state index contributed by atoms with van der Waals surface area (Å²) >= 11 is 1.87. The maximum absolute atomic E-state index is 12.9. The van der Waals surface area contributed by atoms with Crippen LogP contribution in [-0.2, 0) is 6.42 Å². The second-order valence-electron chi connectivity index (χ2n) is 5.67. The zero-order chi connectivity index (χ0) is 16.2. The minimum absolute atomic E-state index is 0.0444. The molecular formula is C19H22N2OS. The molecule has 1 atom stereocenters. The lowest BCUT2D eigenvalue weighted by atomic mass is 10.1. The molecule has 1 aliphatic rings. The van der Waals surface area contributed by atoms with Crippen molar-refractivity contribution in [2.24, 2.45) is 0 Å². The number of para-hydroxylation sites is 2. The second-order valence-corrected chi connectivity index (χ2v) is 7.01. The Morgan fingerprint density at radius 3 is 2.70 bits per heavy atom. The molecule has 3 nitrogen and oxygen atoms in total. The van der Waals surface area contributed by atoms with Crippen molar-refractivity contribution in [2.75, 3.05) is 16.8 Å². The van der Waals surface area contributed by atoms with Crippen molar-refractivity contribution in [3.05, 3.63) is 54.1 Å². The van der Waals surface area contributed by atoms with Gasteiger partial charge in [-0.3, -0.25) is 4.90 Å². The summed E-state index contributed by atoms with van der Waals surface area (Å²) in [5.41, 5.74) is 3.07. The summed E-state index contributed by atoms with van der Waals surface area (Å²) in [6, 6.07) is 16.1. The molecule has 4 heteroatoms. The number of benzene rings is 2. The molecule has 0 fully saturated rings. The molecule has 1 heterocycles. The summed E-state index contributed by atoms with van der Waals surface area (Å²) in [5, 5.41) is 3.54.